The van der Waals surface area contributed by atoms with Crippen molar-refractivity contribution in [2.45, 2.75) is 114 Å². The fourth-order valence-electron chi connectivity index (χ4n) is 8.29. The Labute approximate surface area is 220 Å². The minimum absolute atomic E-state index is 0.0144. The Morgan fingerprint density at radius 2 is 1.57 bits per heavy atom. The van der Waals surface area contributed by atoms with Gasteiger partial charge < -0.3 is 16.8 Å². The number of amides is 2. The summed E-state index contributed by atoms with van der Waals surface area (Å²) in [5.41, 5.74) is 11.5. The number of carbonyl (C=O) groups is 2. The number of amidine groups is 1. The molecule has 3 saturated carbocycles. The van der Waals surface area contributed by atoms with Crippen molar-refractivity contribution in [3.63, 3.8) is 0 Å². The van der Waals surface area contributed by atoms with Crippen LogP contribution in [-0.2, 0) is 9.59 Å². The predicted octanol–water partition coefficient (Wildman–Crippen LogP) is 2.54. The molecule has 5 rings (SSSR count). The van der Waals surface area contributed by atoms with Gasteiger partial charge >= 0.3 is 0 Å². The van der Waals surface area contributed by atoms with Gasteiger partial charge in [-0.05, 0) is 102 Å². The average molecular weight is 519 g/mol. The molecule has 7 unspecified atom stereocenters. The number of halogens is 1. The molecule has 8 nitrogen and oxygen atoms in total. The molecule has 2 aliphatic heterocycles. The number of likely N-dealkylation sites (tertiary alicyclic amines) is 2. The van der Waals surface area contributed by atoms with E-state index < -0.39 is 6.17 Å². The van der Waals surface area contributed by atoms with E-state index in [0.717, 1.165) is 96.7 Å². The lowest BCUT2D eigenvalue weighted by atomic mass is 9.77. The maximum Gasteiger partial charge on any atom is 0.237 e. The van der Waals surface area contributed by atoms with Gasteiger partial charge in [-0.25, -0.2) is 4.39 Å². The first-order valence-electron chi connectivity index (χ1n) is 14.9. The Kier molecular flexibility index (Phi) is 8.39. The molecule has 2 amide bonds. The number of nitrogens with one attached hydrogen (secondary N) is 2. The fourth-order valence-corrected chi connectivity index (χ4v) is 8.29. The Morgan fingerprint density at radius 1 is 0.865 bits per heavy atom. The van der Waals surface area contributed by atoms with E-state index in [4.69, 9.17) is 16.9 Å². The number of nitrogens with two attached hydrogens (primary N) is 2. The van der Waals surface area contributed by atoms with Crippen LogP contribution in [0.2, 0.25) is 0 Å². The van der Waals surface area contributed by atoms with Crippen molar-refractivity contribution in [3.8, 4) is 0 Å². The molecule has 3 aliphatic carbocycles. The molecule has 0 aromatic rings. The van der Waals surface area contributed by atoms with Gasteiger partial charge in [0.1, 0.15) is 6.17 Å². The lowest BCUT2D eigenvalue weighted by Crippen LogP contribution is -2.54. The van der Waals surface area contributed by atoms with Crippen molar-refractivity contribution in [1.29, 1.82) is 5.41 Å². The lowest BCUT2D eigenvalue weighted by Gasteiger charge is -2.40. The monoisotopic (exact) mass is 518 g/mol. The van der Waals surface area contributed by atoms with Crippen LogP contribution in [0.15, 0.2) is 0 Å². The van der Waals surface area contributed by atoms with E-state index in [-0.39, 0.29) is 53.7 Å². The minimum atomic E-state index is -0.879. The maximum atomic E-state index is 15.1. The molecule has 5 fully saturated rings. The molecule has 2 heterocycles. The molecule has 0 aromatic carbocycles. The molecular formula is C28H47FN6O2. The topological polar surface area (TPSA) is 129 Å². The van der Waals surface area contributed by atoms with Crippen molar-refractivity contribution < 1.29 is 14.0 Å². The van der Waals surface area contributed by atoms with E-state index in [9.17, 15) is 9.59 Å². The van der Waals surface area contributed by atoms with Gasteiger partial charge in [0.25, 0.3) is 0 Å². The van der Waals surface area contributed by atoms with E-state index in [1.165, 1.54) is 0 Å². The summed E-state index contributed by atoms with van der Waals surface area (Å²) in [7, 11) is 0. The second kappa shape index (κ2) is 11.6. The highest BCUT2D eigenvalue weighted by Gasteiger charge is 2.48. The number of primary amides is 1. The Morgan fingerprint density at radius 3 is 2.22 bits per heavy atom. The lowest BCUT2D eigenvalue weighted by molar-refractivity contribution is -0.127. The first-order valence-corrected chi connectivity index (χ1v) is 14.9. The fraction of sp³-hybridized carbons (Fsp3) is 0.893. The number of hydrogen-bond acceptors (Lipinski definition) is 5. The molecule has 2 saturated heterocycles. The zero-order chi connectivity index (χ0) is 26.1. The minimum Gasteiger partial charge on any atom is -0.387 e. The van der Waals surface area contributed by atoms with Crippen LogP contribution in [0.4, 0.5) is 4.39 Å². The SMILES string of the molecule is N=C(N)C1CCC2CC(C(=O)NC3CCC(N4CCCC4)C(F)C3)N(CC3CCC(C(N)=O)CC3)C2C1. The third-order valence-corrected chi connectivity index (χ3v) is 10.5. The summed E-state index contributed by atoms with van der Waals surface area (Å²) in [6.07, 6.45) is 10.7. The normalized spacial score (nSPS) is 41.3. The summed E-state index contributed by atoms with van der Waals surface area (Å²) >= 11 is 0. The summed E-state index contributed by atoms with van der Waals surface area (Å²) in [6, 6.07) is -0.0293. The molecule has 9 heteroatoms. The van der Waals surface area contributed by atoms with Crippen molar-refractivity contribution in [1.82, 2.24) is 15.1 Å². The second-order valence-corrected chi connectivity index (χ2v) is 12.7. The zero-order valence-electron chi connectivity index (χ0n) is 22.3. The summed E-state index contributed by atoms with van der Waals surface area (Å²) in [5, 5.41) is 11.3. The van der Waals surface area contributed by atoms with Crippen LogP contribution >= 0.6 is 0 Å². The third-order valence-electron chi connectivity index (χ3n) is 10.5. The number of nitrogens with zero attached hydrogens (tertiary/aromatic N) is 2. The van der Waals surface area contributed by atoms with E-state index in [0.29, 0.717) is 18.3 Å². The molecule has 37 heavy (non-hydrogen) atoms. The van der Waals surface area contributed by atoms with Crippen LogP contribution in [-0.4, -0.2) is 77.4 Å². The molecule has 7 atom stereocenters. The van der Waals surface area contributed by atoms with Gasteiger partial charge in [0.2, 0.25) is 11.8 Å². The Hall–Kier alpha value is -1.74. The largest absolute Gasteiger partial charge is 0.387 e. The number of alkyl halides is 1. The Bertz CT molecular complexity index is 843. The van der Waals surface area contributed by atoms with Crippen LogP contribution in [0.5, 0.6) is 0 Å². The van der Waals surface area contributed by atoms with Gasteiger partial charge in [0.15, 0.2) is 0 Å². The third kappa shape index (κ3) is 5.97. The van der Waals surface area contributed by atoms with Gasteiger partial charge in [0, 0.05) is 42.9 Å². The average Bonchev–Trinajstić information content (AvgIpc) is 3.53. The van der Waals surface area contributed by atoms with Crippen LogP contribution in [0.1, 0.15) is 83.5 Å². The molecule has 0 spiro atoms. The van der Waals surface area contributed by atoms with Crippen molar-refractivity contribution in [2.75, 3.05) is 19.6 Å². The van der Waals surface area contributed by atoms with E-state index >= 15 is 4.39 Å². The van der Waals surface area contributed by atoms with Gasteiger partial charge in [-0.15, -0.1) is 0 Å². The van der Waals surface area contributed by atoms with Gasteiger partial charge in [0.05, 0.1) is 11.9 Å². The van der Waals surface area contributed by atoms with E-state index in [1.54, 1.807) is 0 Å². The van der Waals surface area contributed by atoms with Crippen LogP contribution in [0.3, 0.4) is 0 Å². The summed E-state index contributed by atoms with van der Waals surface area (Å²) in [5.74, 6) is 1.06. The van der Waals surface area contributed by atoms with Crippen molar-refractivity contribution in [3.05, 3.63) is 0 Å². The van der Waals surface area contributed by atoms with Crippen molar-refractivity contribution in [2.24, 2.45) is 35.1 Å². The highest BCUT2D eigenvalue weighted by atomic mass is 19.1. The molecule has 6 N–H and O–H groups in total. The summed E-state index contributed by atoms with van der Waals surface area (Å²) in [6.45, 7) is 2.85. The zero-order valence-corrected chi connectivity index (χ0v) is 22.3. The second-order valence-electron chi connectivity index (χ2n) is 12.7. The van der Waals surface area contributed by atoms with Crippen molar-refractivity contribution >= 4 is 17.6 Å². The number of fused-ring (bicyclic) bond motifs is 1. The van der Waals surface area contributed by atoms with Gasteiger partial charge in [-0.1, -0.05) is 0 Å². The van der Waals surface area contributed by atoms with Gasteiger partial charge in [-0.3, -0.25) is 24.8 Å². The molecule has 0 radical (unpaired) electrons. The molecule has 0 bridgehead atoms. The van der Waals surface area contributed by atoms with E-state index in [1.807, 2.05) is 0 Å². The molecule has 5 aliphatic rings. The highest BCUT2D eigenvalue weighted by molar-refractivity contribution is 5.83. The molecular weight excluding hydrogens is 471 g/mol. The number of carbonyl (C=O) groups excluding carboxylic acids is 2. The number of hydrogen-bond donors (Lipinski definition) is 4. The van der Waals surface area contributed by atoms with Crippen LogP contribution in [0.25, 0.3) is 0 Å². The first kappa shape index (κ1) is 26.9. The van der Waals surface area contributed by atoms with E-state index in [2.05, 4.69) is 15.1 Å². The molecule has 0 aromatic heterocycles. The maximum absolute atomic E-state index is 15.1. The van der Waals surface area contributed by atoms with Gasteiger partial charge in [-0.2, -0.15) is 0 Å². The quantitative estimate of drug-likeness (QED) is 0.304. The van der Waals surface area contributed by atoms with Crippen LogP contribution in [0, 0.1) is 29.1 Å². The summed E-state index contributed by atoms with van der Waals surface area (Å²) in [4.78, 5) is 30.1. The predicted molar refractivity (Wildman–Crippen MR) is 142 cm³/mol. The summed E-state index contributed by atoms with van der Waals surface area (Å²) < 4.78 is 15.1. The smallest absolute Gasteiger partial charge is 0.237 e. The highest BCUT2D eigenvalue weighted by Crippen LogP contribution is 2.43. The van der Waals surface area contributed by atoms with Crippen LogP contribution < -0.4 is 16.8 Å². The standard InChI is InChI=1S/C28H47FN6O2/c29-22-15-21(9-10-23(22)34-11-1-2-12-34)33-28(37)25-13-19-7-8-20(26(30)31)14-24(19)35(25)16-17-3-5-18(6-4-17)27(32)36/h17-25H,1-16H2,(H3,30,31)(H2,32,36)(H,33,37). The molecule has 208 valence electrons. The number of rotatable bonds is 7. The Balaban J connectivity index is 1.23. The first-order chi connectivity index (χ1) is 17.8.